The van der Waals surface area contributed by atoms with Crippen molar-refractivity contribution in [3.05, 3.63) is 0 Å². The molecule has 0 N–H and O–H groups in total. The van der Waals surface area contributed by atoms with E-state index in [1.54, 1.807) is 111 Å². The Kier molecular flexibility index (Phi) is 66.0. The molecule has 0 aliphatic carbocycles. The smallest absolute Gasteiger partial charge is 0.803 e. The Hall–Kier alpha value is -0.246. The summed E-state index contributed by atoms with van der Waals surface area (Å²) in [6.07, 6.45) is 0.404. The van der Waals surface area contributed by atoms with Crippen LogP contribution < -0.4 is 20.4 Å². The number of rotatable bonds is 56. The fourth-order valence-electron chi connectivity index (χ4n) is 7.32. The number of unbranched alkanes of at least 4 members (excludes halogenated alkanes) is 4. The first-order valence-corrected chi connectivity index (χ1v) is 34.5. The Morgan fingerprint density at radius 2 is 0.355 bits per heavy atom. The van der Waals surface area contributed by atoms with Crippen LogP contribution in [0, 0.1) is 0 Å². The molecule has 0 amide bonds. The maximum absolute atomic E-state index is 13.0. The molecular formula is C68H140O24Ti. The van der Waals surface area contributed by atoms with E-state index in [2.05, 4.69) is 27.7 Å². The third-order valence-corrected chi connectivity index (χ3v) is 10.5. The predicted octanol–water partition coefficient (Wildman–Crippen LogP) is 9.74. The minimum Gasteiger partial charge on any atom is -0.803 e. The maximum Gasteiger partial charge on any atom is 4.00 e. The van der Waals surface area contributed by atoms with E-state index in [0.29, 0.717) is 52.9 Å². The average molecular weight is 1390 g/mol. The van der Waals surface area contributed by atoms with Crippen LogP contribution in [0.5, 0.6) is 0 Å². The Labute approximate surface area is 581 Å². The molecular weight excluding hydrogens is 1250 g/mol. The van der Waals surface area contributed by atoms with Gasteiger partial charge in [-0.2, -0.15) is 0 Å². The molecule has 0 radical (unpaired) electrons. The van der Waals surface area contributed by atoms with Gasteiger partial charge in [0.2, 0.25) is 0 Å². The quantitative estimate of drug-likeness (QED) is 0.0311. The topological polar surface area (TPSA) is 277 Å². The molecule has 0 fully saturated rings. The largest absolute Gasteiger partial charge is 4.00 e. The summed E-state index contributed by atoms with van der Waals surface area (Å²) >= 11 is 0. The first-order chi connectivity index (χ1) is 42.8. The summed E-state index contributed by atoms with van der Waals surface area (Å²) in [6, 6.07) is 0. The summed E-state index contributed by atoms with van der Waals surface area (Å²) in [5.74, 6) is -8.85. The van der Waals surface area contributed by atoms with Gasteiger partial charge in [-0.3, -0.25) is 0 Å². The minimum atomic E-state index is -2.21. The van der Waals surface area contributed by atoms with E-state index in [1.807, 2.05) is 55.4 Å². The standard InChI is InChI=1S/4C17H35O6.Ti/c4*1-8-9-10-19-11-12-20-16(21-13(2)3)17(18,22-14(4)5)23-15(6)7;/h4*13-16H,8-12H2,1-7H3;/q4*-1;+4. The SMILES string of the molecule is CCCCOCCOC(OC(C)C)C([O-])(OC(C)C)OC(C)C.CCCCOCCOC(OC(C)C)C([O-])(OC(C)C)OC(C)C.CCCCOCCOC(OC(C)C)C([O-])(OC(C)C)OC(C)C.CCCCOCCOC(OC(C)C)C([O-])(OC(C)C)OC(C)C.[Ti+4]. The Morgan fingerprint density at radius 3 is 0.462 bits per heavy atom. The summed E-state index contributed by atoms with van der Waals surface area (Å²) in [5, 5.41) is 52.0. The van der Waals surface area contributed by atoms with Crippen molar-refractivity contribution in [2.45, 2.75) is 368 Å². The van der Waals surface area contributed by atoms with E-state index in [1.165, 1.54) is 0 Å². The van der Waals surface area contributed by atoms with Crippen molar-refractivity contribution < 1.29 is 137 Å². The number of ether oxygens (including phenoxy) is 20. The molecule has 24 nitrogen and oxygen atoms in total. The fraction of sp³-hybridized carbons (Fsp3) is 1.00. The normalized spacial score (nSPS) is 14.1. The van der Waals surface area contributed by atoms with Crippen molar-refractivity contribution >= 4 is 0 Å². The van der Waals surface area contributed by atoms with E-state index < -0.39 is 49.1 Å². The van der Waals surface area contributed by atoms with Crippen molar-refractivity contribution in [3.63, 3.8) is 0 Å². The molecule has 0 rings (SSSR count). The van der Waals surface area contributed by atoms with Crippen LogP contribution in [0.3, 0.4) is 0 Å². The first-order valence-electron chi connectivity index (χ1n) is 34.5. The second-order valence-electron chi connectivity index (χ2n) is 25.2. The zero-order valence-electron chi connectivity index (χ0n) is 63.7. The zero-order valence-corrected chi connectivity index (χ0v) is 65.2. The van der Waals surface area contributed by atoms with Crippen LogP contribution in [0.2, 0.25) is 0 Å². The molecule has 0 bridgehead atoms. The van der Waals surface area contributed by atoms with E-state index in [4.69, 9.17) is 94.7 Å². The summed E-state index contributed by atoms with van der Waals surface area (Å²) in [6.45, 7) is 56.8. The van der Waals surface area contributed by atoms with Gasteiger partial charge in [-0.05, 0) is 192 Å². The van der Waals surface area contributed by atoms with Crippen molar-refractivity contribution in [1.82, 2.24) is 0 Å². The Balaban J connectivity index is -0.000000369. The molecule has 0 aromatic carbocycles. The van der Waals surface area contributed by atoms with Gasteiger partial charge in [0.25, 0.3) is 0 Å². The molecule has 0 aliphatic rings. The summed E-state index contributed by atoms with van der Waals surface area (Å²) in [7, 11) is 0. The van der Waals surface area contributed by atoms with Gasteiger partial charge in [-0.1, -0.05) is 53.4 Å². The van der Waals surface area contributed by atoms with Crippen LogP contribution in [0.1, 0.15) is 245 Å². The molecule has 93 heavy (non-hydrogen) atoms. The molecule has 4 unspecified atom stereocenters. The number of hydrogen-bond donors (Lipinski definition) is 0. The van der Waals surface area contributed by atoms with Crippen LogP contribution in [0.15, 0.2) is 0 Å². The summed E-state index contributed by atoms with van der Waals surface area (Å²) in [5.41, 5.74) is 0. The Morgan fingerprint density at radius 1 is 0.215 bits per heavy atom. The van der Waals surface area contributed by atoms with Gasteiger partial charge in [0.15, 0.2) is 49.1 Å². The zero-order chi connectivity index (χ0) is 71.5. The second kappa shape index (κ2) is 60.5. The summed E-state index contributed by atoms with van der Waals surface area (Å²) < 4.78 is 110. The predicted molar refractivity (Wildman–Crippen MR) is 347 cm³/mol. The van der Waals surface area contributed by atoms with Gasteiger partial charge in [0.1, 0.15) is 0 Å². The van der Waals surface area contributed by atoms with E-state index in [9.17, 15) is 20.4 Å². The van der Waals surface area contributed by atoms with Gasteiger partial charge in [-0.25, -0.2) is 0 Å². The van der Waals surface area contributed by atoms with Crippen molar-refractivity contribution in [2.24, 2.45) is 0 Å². The van der Waals surface area contributed by atoms with E-state index in [0.717, 1.165) is 51.4 Å². The first kappa shape index (κ1) is 101. The molecule has 0 aromatic rings. The van der Waals surface area contributed by atoms with Crippen LogP contribution >= 0.6 is 0 Å². The molecule has 4 atom stereocenters. The van der Waals surface area contributed by atoms with Crippen LogP contribution in [0.25, 0.3) is 0 Å². The van der Waals surface area contributed by atoms with E-state index >= 15 is 0 Å². The molecule has 0 aromatic heterocycles. The molecule has 0 aliphatic heterocycles. The Bertz CT molecular complexity index is 1310. The summed E-state index contributed by atoms with van der Waals surface area (Å²) in [4.78, 5) is 0. The third-order valence-electron chi connectivity index (χ3n) is 10.5. The van der Waals surface area contributed by atoms with Crippen LogP contribution in [0.4, 0.5) is 0 Å². The van der Waals surface area contributed by atoms with Crippen LogP contribution in [-0.2, 0) is 116 Å². The van der Waals surface area contributed by atoms with E-state index in [-0.39, 0.29) is 121 Å². The monoisotopic (exact) mass is 1390 g/mol. The molecule has 560 valence electrons. The van der Waals surface area contributed by atoms with Crippen molar-refractivity contribution in [3.8, 4) is 0 Å². The fourth-order valence-corrected chi connectivity index (χ4v) is 7.32. The van der Waals surface area contributed by atoms with Gasteiger partial charge < -0.3 is 115 Å². The molecule has 0 saturated heterocycles. The van der Waals surface area contributed by atoms with Crippen molar-refractivity contribution in [2.75, 3.05) is 79.3 Å². The number of hydrogen-bond acceptors (Lipinski definition) is 24. The van der Waals surface area contributed by atoms with Crippen molar-refractivity contribution in [1.29, 1.82) is 0 Å². The molecule has 0 heterocycles. The van der Waals surface area contributed by atoms with Gasteiger partial charge in [0, 0.05) is 26.4 Å². The molecule has 25 heteroatoms. The maximum atomic E-state index is 13.0. The van der Waals surface area contributed by atoms with Gasteiger partial charge in [0.05, 0.1) is 126 Å². The second-order valence-corrected chi connectivity index (χ2v) is 25.2. The van der Waals surface area contributed by atoms with Gasteiger partial charge >= 0.3 is 21.7 Å². The average Bonchev–Trinajstić information content (AvgIpc) is 1.04. The third kappa shape index (κ3) is 59.2. The minimum absolute atomic E-state index is 0. The molecule has 0 spiro atoms. The van der Waals surface area contributed by atoms with Crippen LogP contribution in [-0.4, -0.2) is 202 Å². The molecule has 0 saturated carbocycles. The van der Waals surface area contributed by atoms with Gasteiger partial charge in [-0.15, -0.1) is 0 Å².